The van der Waals surface area contributed by atoms with E-state index >= 15 is 0 Å². The molecular weight excluding hydrogens is 458 g/mol. The van der Waals surface area contributed by atoms with E-state index in [1.165, 1.54) is 0 Å². The van der Waals surface area contributed by atoms with Crippen LogP contribution in [0.5, 0.6) is 5.75 Å². The predicted molar refractivity (Wildman–Crippen MR) is 140 cm³/mol. The van der Waals surface area contributed by atoms with Crippen LogP contribution in [-0.4, -0.2) is 32.0 Å². The Labute approximate surface area is 207 Å². The van der Waals surface area contributed by atoms with Crippen molar-refractivity contribution in [2.45, 2.75) is 37.5 Å². The van der Waals surface area contributed by atoms with Crippen molar-refractivity contribution in [1.82, 2.24) is 14.7 Å². The number of hydrogen-bond donors (Lipinski definition) is 2. The number of methoxy groups -OCH3 is 1. The number of aromatic amines is 1. The zero-order valence-corrected chi connectivity index (χ0v) is 21.1. The van der Waals surface area contributed by atoms with E-state index in [4.69, 9.17) is 9.72 Å². The minimum atomic E-state index is -3.56. The Bertz CT molecular complexity index is 1350. The summed E-state index contributed by atoms with van der Waals surface area (Å²) < 4.78 is 33.4. The summed E-state index contributed by atoms with van der Waals surface area (Å²) >= 11 is 0. The third-order valence-electron chi connectivity index (χ3n) is 5.94. The van der Waals surface area contributed by atoms with Crippen molar-refractivity contribution in [3.63, 3.8) is 0 Å². The maximum Gasteiger partial charge on any atom is 0.240 e. The molecule has 1 aromatic heterocycles. The summed E-state index contributed by atoms with van der Waals surface area (Å²) in [5.74, 6) is 1.93. The summed E-state index contributed by atoms with van der Waals surface area (Å²) in [6.07, 6.45) is 1.24. The van der Waals surface area contributed by atoms with Gasteiger partial charge in [0.25, 0.3) is 0 Å². The van der Waals surface area contributed by atoms with Crippen LogP contribution in [0, 0.1) is 0 Å². The molecule has 7 heteroatoms. The van der Waals surface area contributed by atoms with Gasteiger partial charge in [-0.25, -0.2) is 18.1 Å². The first-order chi connectivity index (χ1) is 16.9. The van der Waals surface area contributed by atoms with Crippen LogP contribution < -0.4 is 9.46 Å². The van der Waals surface area contributed by atoms with Crippen LogP contribution in [0.4, 0.5) is 0 Å². The molecule has 0 atom stereocenters. The van der Waals surface area contributed by atoms with Crippen LogP contribution in [0.25, 0.3) is 22.6 Å². The first-order valence-corrected chi connectivity index (χ1v) is 13.2. The average Bonchev–Trinajstić information content (AvgIpc) is 3.31. The van der Waals surface area contributed by atoms with E-state index in [2.05, 4.69) is 23.6 Å². The van der Waals surface area contributed by atoms with Gasteiger partial charge in [0.1, 0.15) is 11.6 Å². The number of nitrogens with zero attached hydrogens (tertiary/aromatic N) is 1. The zero-order chi connectivity index (χ0) is 24.8. The molecule has 3 aromatic carbocycles. The molecule has 4 aromatic rings. The topological polar surface area (TPSA) is 84.1 Å². The number of benzene rings is 3. The van der Waals surface area contributed by atoms with E-state index < -0.39 is 10.0 Å². The van der Waals surface area contributed by atoms with Crippen molar-refractivity contribution in [3.8, 4) is 28.4 Å². The highest BCUT2D eigenvalue weighted by Crippen LogP contribution is 2.28. The van der Waals surface area contributed by atoms with Crippen molar-refractivity contribution < 1.29 is 13.2 Å². The lowest BCUT2D eigenvalue weighted by atomic mass is 10.0. The van der Waals surface area contributed by atoms with Gasteiger partial charge >= 0.3 is 0 Å². The standard InChI is InChI=1S/C28H31N3O3S/c1-20(2)21-13-17-25(18-14-21)35(32,33)29-19-7-10-26-27(22-11-15-24(34-3)16-12-22)31-28(30-26)23-8-5-4-6-9-23/h4-6,8-9,11-18,20,29H,7,10,19H2,1-3H3,(H,30,31). The smallest absolute Gasteiger partial charge is 0.240 e. The molecule has 1 heterocycles. The molecule has 182 valence electrons. The van der Waals surface area contributed by atoms with Gasteiger partial charge in [-0.2, -0.15) is 0 Å². The van der Waals surface area contributed by atoms with Crippen molar-refractivity contribution in [2.75, 3.05) is 13.7 Å². The summed E-state index contributed by atoms with van der Waals surface area (Å²) in [6.45, 7) is 4.49. The van der Waals surface area contributed by atoms with Crippen LogP contribution in [0.3, 0.4) is 0 Å². The number of sulfonamides is 1. The Morgan fingerprint density at radius 3 is 2.23 bits per heavy atom. The van der Waals surface area contributed by atoms with Crippen LogP contribution in [0.2, 0.25) is 0 Å². The van der Waals surface area contributed by atoms with Crippen LogP contribution >= 0.6 is 0 Å². The van der Waals surface area contributed by atoms with Gasteiger partial charge in [0.05, 0.1) is 23.4 Å². The molecule has 0 aliphatic carbocycles. The average molecular weight is 490 g/mol. The minimum absolute atomic E-state index is 0.284. The van der Waals surface area contributed by atoms with Gasteiger partial charge in [0, 0.05) is 17.7 Å². The van der Waals surface area contributed by atoms with Gasteiger partial charge in [-0.15, -0.1) is 0 Å². The van der Waals surface area contributed by atoms with Crippen LogP contribution in [-0.2, 0) is 16.4 Å². The molecule has 0 radical (unpaired) electrons. The Morgan fingerprint density at radius 2 is 1.60 bits per heavy atom. The third kappa shape index (κ3) is 5.99. The third-order valence-corrected chi connectivity index (χ3v) is 7.42. The molecule has 0 bridgehead atoms. The summed E-state index contributed by atoms with van der Waals surface area (Å²) in [4.78, 5) is 8.60. The number of imidazole rings is 1. The predicted octanol–water partition coefficient (Wildman–Crippen LogP) is 5.79. The summed E-state index contributed by atoms with van der Waals surface area (Å²) in [7, 11) is -1.91. The van der Waals surface area contributed by atoms with Gasteiger partial charge in [-0.3, -0.25) is 0 Å². The SMILES string of the molecule is COc1ccc(-c2[nH]c(-c3ccccc3)nc2CCCNS(=O)(=O)c2ccc(C(C)C)cc2)cc1. The fourth-order valence-corrected chi connectivity index (χ4v) is 4.97. The lowest BCUT2D eigenvalue weighted by molar-refractivity contribution is 0.415. The van der Waals surface area contributed by atoms with E-state index in [0.717, 1.165) is 39.7 Å². The zero-order valence-electron chi connectivity index (χ0n) is 20.3. The van der Waals surface area contributed by atoms with Crippen molar-refractivity contribution in [1.29, 1.82) is 0 Å². The van der Waals surface area contributed by atoms with E-state index in [-0.39, 0.29) is 4.90 Å². The number of hydrogen-bond acceptors (Lipinski definition) is 4. The number of H-pyrrole nitrogens is 1. The summed E-state index contributed by atoms with van der Waals surface area (Å²) in [5, 5.41) is 0. The Morgan fingerprint density at radius 1 is 0.914 bits per heavy atom. The number of nitrogens with one attached hydrogen (secondary N) is 2. The van der Waals surface area contributed by atoms with E-state index in [0.29, 0.717) is 25.3 Å². The largest absolute Gasteiger partial charge is 0.497 e. The molecule has 0 fully saturated rings. The second kappa shape index (κ2) is 10.9. The molecule has 0 saturated carbocycles. The van der Waals surface area contributed by atoms with Gasteiger partial charge < -0.3 is 9.72 Å². The molecule has 0 saturated heterocycles. The first kappa shape index (κ1) is 24.7. The highest BCUT2D eigenvalue weighted by atomic mass is 32.2. The monoisotopic (exact) mass is 489 g/mol. The van der Waals surface area contributed by atoms with Gasteiger partial charge in [-0.05, 0) is 60.7 Å². The molecule has 35 heavy (non-hydrogen) atoms. The normalized spacial score (nSPS) is 11.7. The maximum atomic E-state index is 12.7. The van der Waals surface area contributed by atoms with Crippen molar-refractivity contribution in [2.24, 2.45) is 0 Å². The van der Waals surface area contributed by atoms with Crippen molar-refractivity contribution >= 4 is 10.0 Å². The highest BCUT2D eigenvalue weighted by Gasteiger charge is 2.16. The molecule has 2 N–H and O–H groups in total. The molecule has 0 amide bonds. The maximum absolute atomic E-state index is 12.7. The molecule has 0 unspecified atom stereocenters. The lowest BCUT2D eigenvalue weighted by Crippen LogP contribution is -2.25. The summed E-state index contributed by atoms with van der Waals surface area (Å²) in [5.41, 5.74) is 4.94. The number of aryl methyl sites for hydroxylation is 1. The second-order valence-electron chi connectivity index (χ2n) is 8.73. The highest BCUT2D eigenvalue weighted by molar-refractivity contribution is 7.89. The van der Waals surface area contributed by atoms with Crippen LogP contribution in [0.1, 0.15) is 37.4 Å². The molecular formula is C28H31N3O3S. The van der Waals surface area contributed by atoms with E-state index in [1.54, 1.807) is 19.2 Å². The molecule has 0 aliphatic heterocycles. The van der Waals surface area contributed by atoms with Gasteiger partial charge in [-0.1, -0.05) is 56.3 Å². The fourth-order valence-electron chi connectivity index (χ4n) is 3.90. The lowest BCUT2D eigenvalue weighted by Gasteiger charge is -2.09. The molecule has 6 nitrogen and oxygen atoms in total. The van der Waals surface area contributed by atoms with Crippen LogP contribution in [0.15, 0.2) is 83.8 Å². The van der Waals surface area contributed by atoms with E-state index in [9.17, 15) is 8.42 Å². The number of ether oxygens (including phenoxy) is 1. The van der Waals surface area contributed by atoms with E-state index in [1.807, 2.05) is 66.7 Å². The summed E-state index contributed by atoms with van der Waals surface area (Å²) in [6, 6.07) is 24.9. The van der Waals surface area contributed by atoms with Crippen molar-refractivity contribution in [3.05, 3.63) is 90.1 Å². The molecule has 4 rings (SSSR count). The Kier molecular flexibility index (Phi) is 7.68. The second-order valence-corrected chi connectivity index (χ2v) is 10.5. The quantitative estimate of drug-likeness (QED) is 0.276. The number of aromatic nitrogens is 2. The molecule has 0 spiro atoms. The first-order valence-electron chi connectivity index (χ1n) is 11.8. The van der Waals surface area contributed by atoms with Gasteiger partial charge in [0.15, 0.2) is 0 Å². The fraction of sp³-hybridized carbons (Fsp3) is 0.250. The number of rotatable bonds is 10. The Hall–Kier alpha value is -3.42. The minimum Gasteiger partial charge on any atom is -0.497 e. The van der Waals surface area contributed by atoms with Gasteiger partial charge in [0.2, 0.25) is 10.0 Å². The molecule has 0 aliphatic rings. The Balaban J connectivity index is 1.48.